The molecule has 34 heavy (non-hydrogen) atoms. The SMILES string of the molecule is CC(C)(C)c1ccccc1NC(=O)c1cccc(S(=O)(=O)N2CCN(c3ccccc3)CC2)c1. The summed E-state index contributed by atoms with van der Waals surface area (Å²) < 4.78 is 28.1. The molecule has 1 aliphatic rings. The summed E-state index contributed by atoms with van der Waals surface area (Å²) in [5, 5.41) is 2.96. The van der Waals surface area contributed by atoms with Crippen LogP contribution in [0.5, 0.6) is 0 Å². The number of amides is 1. The minimum atomic E-state index is -3.70. The van der Waals surface area contributed by atoms with Crippen molar-refractivity contribution < 1.29 is 13.2 Å². The number of sulfonamides is 1. The van der Waals surface area contributed by atoms with E-state index >= 15 is 0 Å². The summed E-state index contributed by atoms with van der Waals surface area (Å²) in [5.41, 5.74) is 3.01. The number of anilines is 2. The first-order valence-corrected chi connectivity index (χ1v) is 12.9. The van der Waals surface area contributed by atoms with Gasteiger partial charge in [-0.25, -0.2) is 8.42 Å². The molecular formula is C27H31N3O3S. The molecule has 0 aromatic heterocycles. The number of nitrogens with zero attached hydrogens (tertiary/aromatic N) is 2. The molecule has 6 nitrogen and oxygen atoms in total. The number of carbonyl (C=O) groups is 1. The van der Waals surface area contributed by atoms with Gasteiger partial charge in [0.05, 0.1) is 4.90 Å². The summed E-state index contributed by atoms with van der Waals surface area (Å²) in [6.45, 7) is 8.29. The van der Waals surface area contributed by atoms with Gasteiger partial charge in [0.2, 0.25) is 10.0 Å². The summed E-state index contributed by atoms with van der Waals surface area (Å²) in [7, 11) is -3.70. The minimum Gasteiger partial charge on any atom is -0.369 e. The van der Waals surface area contributed by atoms with Crippen LogP contribution in [0.15, 0.2) is 83.8 Å². The maximum Gasteiger partial charge on any atom is 0.255 e. The molecule has 0 bridgehead atoms. The topological polar surface area (TPSA) is 69.7 Å². The van der Waals surface area contributed by atoms with Crippen LogP contribution in [0, 0.1) is 0 Å². The van der Waals surface area contributed by atoms with E-state index in [1.54, 1.807) is 18.2 Å². The Balaban J connectivity index is 1.50. The molecule has 0 spiro atoms. The van der Waals surface area contributed by atoms with Gasteiger partial charge in [0.1, 0.15) is 0 Å². The molecule has 0 saturated carbocycles. The molecule has 0 aliphatic carbocycles. The minimum absolute atomic E-state index is 0.136. The van der Waals surface area contributed by atoms with Gasteiger partial charge in [-0.05, 0) is 47.4 Å². The molecule has 1 aliphatic heterocycles. The van der Waals surface area contributed by atoms with Crippen molar-refractivity contribution >= 4 is 27.3 Å². The highest BCUT2D eigenvalue weighted by molar-refractivity contribution is 7.89. The Hall–Kier alpha value is -3.16. The molecule has 0 unspecified atom stereocenters. The van der Waals surface area contributed by atoms with Crippen molar-refractivity contribution in [2.45, 2.75) is 31.1 Å². The van der Waals surface area contributed by atoms with Crippen molar-refractivity contribution in [3.63, 3.8) is 0 Å². The lowest BCUT2D eigenvalue weighted by Crippen LogP contribution is -2.48. The molecule has 1 amide bonds. The predicted molar refractivity (Wildman–Crippen MR) is 137 cm³/mol. The van der Waals surface area contributed by atoms with Gasteiger partial charge in [0.25, 0.3) is 5.91 Å². The molecular weight excluding hydrogens is 446 g/mol. The number of carbonyl (C=O) groups excluding carboxylic acids is 1. The Morgan fingerprint density at radius 2 is 1.47 bits per heavy atom. The monoisotopic (exact) mass is 477 g/mol. The number of piperazine rings is 1. The van der Waals surface area contributed by atoms with Gasteiger partial charge in [-0.2, -0.15) is 4.31 Å². The van der Waals surface area contributed by atoms with Crippen molar-refractivity contribution in [2.24, 2.45) is 0 Å². The van der Waals surface area contributed by atoms with E-state index in [9.17, 15) is 13.2 Å². The van der Waals surface area contributed by atoms with Crippen LogP contribution >= 0.6 is 0 Å². The summed E-state index contributed by atoms with van der Waals surface area (Å²) in [6.07, 6.45) is 0. The van der Waals surface area contributed by atoms with Crippen molar-refractivity contribution in [3.8, 4) is 0 Å². The second-order valence-corrected chi connectivity index (χ2v) is 11.4. The lowest BCUT2D eigenvalue weighted by atomic mass is 9.86. The third-order valence-corrected chi connectivity index (χ3v) is 7.97. The first kappa shape index (κ1) is 24.0. The van der Waals surface area contributed by atoms with Crippen molar-refractivity contribution in [3.05, 3.63) is 90.0 Å². The van der Waals surface area contributed by atoms with E-state index in [1.807, 2.05) is 54.6 Å². The van der Waals surface area contributed by atoms with Crippen molar-refractivity contribution in [1.82, 2.24) is 4.31 Å². The fourth-order valence-electron chi connectivity index (χ4n) is 4.21. The van der Waals surface area contributed by atoms with Crippen LogP contribution < -0.4 is 10.2 Å². The number of nitrogens with one attached hydrogen (secondary N) is 1. The number of rotatable bonds is 5. The van der Waals surface area contributed by atoms with Crippen molar-refractivity contribution in [2.75, 3.05) is 36.4 Å². The lowest BCUT2D eigenvalue weighted by Gasteiger charge is -2.35. The number of benzene rings is 3. The fraction of sp³-hybridized carbons (Fsp3) is 0.296. The molecule has 1 N–H and O–H groups in total. The van der Waals surface area contributed by atoms with E-state index < -0.39 is 10.0 Å². The van der Waals surface area contributed by atoms with Crippen molar-refractivity contribution in [1.29, 1.82) is 0 Å². The molecule has 178 valence electrons. The summed E-state index contributed by atoms with van der Waals surface area (Å²) in [6, 6.07) is 24.0. The van der Waals surface area contributed by atoms with E-state index in [0.29, 0.717) is 31.7 Å². The molecule has 1 saturated heterocycles. The molecule has 7 heteroatoms. The quantitative estimate of drug-likeness (QED) is 0.576. The summed E-state index contributed by atoms with van der Waals surface area (Å²) >= 11 is 0. The standard InChI is InChI=1S/C27H31N3O3S/c1-27(2,3)24-14-7-8-15-25(24)28-26(31)21-10-9-13-23(20-21)34(32,33)30-18-16-29(17-19-30)22-11-5-4-6-12-22/h4-15,20H,16-19H2,1-3H3,(H,28,31). The Bertz CT molecular complexity index is 1260. The molecule has 0 atom stereocenters. The largest absolute Gasteiger partial charge is 0.369 e. The third kappa shape index (κ3) is 5.16. The highest BCUT2D eigenvalue weighted by Gasteiger charge is 2.29. The maximum absolute atomic E-state index is 13.3. The lowest BCUT2D eigenvalue weighted by molar-refractivity contribution is 0.102. The smallest absolute Gasteiger partial charge is 0.255 e. The fourth-order valence-corrected chi connectivity index (χ4v) is 5.68. The highest BCUT2D eigenvalue weighted by atomic mass is 32.2. The van der Waals surface area contributed by atoms with Gasteiger partial charge in [-0.1, -0.05) is 63.2 Å². The van der Waals surface area contributed by atoms with Gasteiger partial charge in [0.15, 0.2) is 0 Å². The molecule has 4 rings (SSSR count). The van der Waals surface area contributed by atoms with Crippen LogP contribution in [0.2, 0.25) is 0 Å². The maximum atomic E-state index is 13.3. The summed E-state index contributed by atoms with van der Waals surface area (Å²) in [5.74, 6) is -0.331. The van der Waals surface area contributed by atoms with E-state index in [-0.39, 0.29) is 16.2 Å². The summed E-state index contributed by atoms with van der Waals surface area (Å²) in [4.78, 5) is 15.3. The van der Waals surface area contributed by atoms with Gasteiger partial charge >= 0.3 is 0 Å². The zero-order valence-corrected chi connectivity index (χ0v) is 20.7. The number of hydrogen-bond acceptors (Lipinski definition) is 4. The Morgan fingerprint density at radius 3 is 2.15 bits per heavy atom. The van der Waals surface area contributed by atoms with Gasteiger partial charge < -0.3 is 10.2 Å². The predicted octanol–water partition coefficient (Wildman–Crippen LogP) is 4.75. The normalized spacial score (nSPS) is 15.2. The highest BCUT2D eigenvalue weighted by Crippen LogP contribution is 2.30. The van der Waals surface area contributed by atoms with E-state index in [1.165, 1.54) is 10.4 Å². The van der Waals surface area contributed by atoms with Gasteiger partial charge in [0, 0.05) is 43.1 Å². The second kappa shape index (κ2) is 9.60. The van der Waals surface area contributed by atoms with Gasteiger partial charge in [-0.3, -0.25) is 4.79 Å². The van der Waals surface area contributed by atoms with Gasteiger partial charge in [-0.15, -0.1) is 0 Å². The van der Waals surface area contributed by atoms with Crippen LogP contribution in [0.1, 0.15) is 36.7 Å². The van der Waals surface area contributed by atoms with Crippen LogP contribution in [0.25, 0.3) is 0 Å². The first-order chi connectivity index (χ1) is 16.2. The second-order valence-electron chi connectivity index (χ2n) is 9.50. The van der Waals surface area contributed by atoms with Crippen LogP contribution in [0.4, 0.5) is 11.4 Å². The molecule has 1 heterocycles. The zero-order chi connectivity index (χ0) is 24.3. The average Bonchev–Trinajstić information content (AvgIpc) is 2.84. The Labute approximate surface area is 202 Å². The molecule has 3 aromatic rings. The molecule has 3 aromatic carbocycles. The van der Waals surface area contributed by atoms with Crippen LogP contribution in [-0.4, -0.2) is 44.8 Å². The van der Waals surface area contributed by atoms with Crippen LogP contribution in [0.3, 0.4) is 0 Å². The van der Waals surface area contributed by atoms with E-state index in [2.05, 4.69) is 31.0 Å². The molecule has 1 fully saturated rings. The number of hydrogen-bond donors (Lipinski definition) is 1. The van der Waals surface area contributed by atoms with E-state index in [4.69, 9.17) is 0 Å². The van der Waals surface area contributed by atoms with Crippen LogP contribution in [-0.2, 0) is 15.4 Å². The third-order valence-electron chi connectivity index (χ3n) is 6.08. The molecule has 0 radical (unpaired) electrons. The Morgan fingerprint density at radius 1 is 0.824 bits per heavy atom. The average molecular weight is 478 g/mol. The Kier molecular flexibility index (Phi) is 6.77. The number of para-hydroxylation sites is 2. The first-order valence-electron chi connectivity index (χ1n) is 11.5. The van der Waals surface area contributed by atoms with E-state index in [0.717, 1.165) is 16.9 Å². The zero-order valence-electron chi connectivity index (χ0n) is 19.9.